The molecule has 0 spiro atoms. The first-order valence-electron chi connectivity index (χ1n) is 9.02. The Kier molecular flexibility index (Phi) is 6.42. The second kappa shape index (κ2) is 9.39. The fraction of sp³-hybridized carbons (Fsp3) is 0.286. The zero-order valence-electron chi connectivity index (χ0n) is 15.0. The minimum absolute atomic E-state index is 0.00398. The third-order valence-electron chi connectivity index (χ3n) is 4.20. The molecule has 0 atom stereocenters. The second-order valence-electron chi connectivity index (χ2n) is 6.24. The van der Waals surface area contributed by atoms with Gasteiger partial charge in [0.1, 0.15) is 0 Å². The summed E-state index contributed by atoms with van der Waals surface area (Å²) in [6.07, 6.45) is 5.46. The molecular weight excluding hydrogens is 340 g/mol. The molecule has 2 aromatic heterocycles. The minimum atomic E-state index is -0.154. The third-order valence-corrected chi connectivity index (χ3v) is 4.20. The van der Waals surface area contributed by atoms with Gasteiger partial charge in [-0.25, -0.2) is 0 Å². The zero-order chi connectivity index (χ0) is 18.9. The summed E-state index contributed by atoms with van der Waals surface area (Å²) in [5, 5.41) is 3.80. The van der Waals surface area contributed by atoms with E-state index in [0.717, 1.165) is 32.1 Å². The van der Waals surface area contributed by atoms with E-state index in [2.05, 4.69) is 44.2 Å². The first kappa shape index (κ1) is 18.5. The van der Waals surface area contributed by atoms with E-state index in [-0.39, 0.29) is 23.3 Å². The number of Topliss-reactive ketones (excluding diaryl/α,β-unsaturated/α-hetero) is 1. The Morgan fingerprint density at radius 2 is 1.78 bits per heavy atom. The maximum absolute atomic E-state index is 12.2. The van der Waals surface area contributed by atoms with Crippen LogP contribution in [-0.4, -0.2) is 20.9 Å². The summed E-state index contributed by atoms with van der Waals surface area (Å²) in [6, 6.07) is 15.4. The van der Waals surface area contributed by atoms with Gasteiger partial charge in [-0.05, 0) is 37.0 Å². The van der Waals surface area contributed by atoms with Gasteiger partial charge in [0, 0.05) is 6.42 Å². The highest BCUT2D eigenvalue weighted by Crippen LogP contribution is 2.18. The van der Waals surface area contributed by atoms with Crippen molar-refractivity contribution >= 4 is 11.6 Å². The number of benzene rings is 1. The van der Waals surface area contributed by atoms with Gasteiger partial charge in [-0.3, -0.25) is 4.79 Å². The highest BCUT2D eigenvalue weighted by molar-refractivity contribution is 5.91. The van der Waals surface area contributed by atoms with E-state index in [9.17, 15) is 4.79 Å². The van der Waals surface area contributed by atoms with E-state index in [4.69, 9.17) is 11.1 Å². The molecule has 3 aromatic rings. The van der Waals surface area contributed by atoms with Gasteiger partial charge in [-0.15, -0.1) is 4.98 Å². The average Bonchev–Trinajstić information content (AvgIpc) is 3.22. The van der Waals surface area contributed by atoms with Crippen LogP contribution in [0.15, 0.2) is 53.1 Å². The van der Waals surface area contributed by atoms with E-state index in [0.29, 0.717) is 12.1 Å². The number of nitrogens with zero attached hydrogens (tertiary/aromatic N) is 4. The fourth-order valence-electron chi connectivity index (χ4n) is 2.77. The van der Waals surface area contributed by atoms with Crippen molar-refractivity contribution in [2.24, 2.45) is 0 Å². The summed E-state index contributed by atoms with van der Waals surface area (Å²) in [5.74, 6) is 0.329. The number of hydrogen-bond acceptors (Lipinski definition) is 5. The van der Waals surface area contributed by atoms with E-state index in [1.165, 1.54) is 5.56 Å². The monoisotopic (exact) mass is 360 g/mol. The molecule has 1 aromatic carbocycles. The average molecular weight is 360 g/mol. The number of hydrogen-bond donors (Lipinski definition) is 0. The van der Waals surface area contributed by atoms with Crippen LogP contribution in [0.1, 0.15) is 48.4 Å². The molecule has 0 aliphatic rings. The van der Waals surface area contributed by atoms with E-state index in [1.807, 2.05) is 6.07 Å². The molecular formula is C21H20N4O2. The van der Waals surface area contributed by atoms with Crippen LogP contribution in [0.2, 0.25) is 0 Å². The van der Waals surface area contributed by atoms with Gasteiger partial charge in [-0.1, -0.05) is 61.0 Å². The largest absolute Gasteiger partial charge is 0.361 e. The number of unbranched alkanes of at least 4 members (excludes halogenated alkanes) is 3. The van der Waals surface area contributed by atoms with E-state index < -0.39 is 0 Å². The van der Waals surface area contributed by atoms with Crippen LogP contribution in [0.4, 0.5) is 5.82 Å². The molecule has 0 aliphatic carbocycles. The Bertz CT molecular complexity index is 929. The van der Waals surface area contributed by atoms with E-state index >= 15 is 0 Å². The van der Waals surface area contributed by atoms with Gasteiger partial charge in [0.25, 0.3) is 11.7 Å². The Morgan fingerprint density at radius 3 is 2.59 bits per heavy atom. The number of carbonyl (C=O) groups excluding carboxylic acids is 1. The molecule has 0 amide bonds. The fourth-order valence-corrected chi connectivity index (χ4v) is 2.77. The molecule has 3 rings (SSSR count). The standard InChI is InChI=1S/C21H20N4O2/c1-22-19-15-9-13-17(23-19)20-24-21(27-25-20)18(26)14-8-3-2-5-10-16-11-6-4-7-12-16/h4,6-7,9,11-13,15H,2-3,5,8,10,14H2. The number of rotatable bonds is 9. The predicted molar refractivity (Wildman–Crippen MR) is 101 cm³/mol. The van der Waals surface area contributed by atoms with Crippen molar-refractivity contribution in [3.63, 3.8) is 0 Å². The molecule has 0 bridgehead atoms. The minimum Gasteiger partial charge on any atom is -0.361 e. The summed E-state index contributed by atoms with van der Waals surface area (Å²) in [6.45, 7) is 6.99. The molecule has 27 heavy (non-hydrogen) atoms. The summed E-state index contributed by atoms with van der Waals surface area (Å²) in [7, 11) is 0. The molecule has 0 unspecified atom stereocenters. The third kappa shape index (κ3) is 5.32. The van der Waals surface area contributed by atoms with Gasteiger partial charge in [0.2, 0.25) is 17.3 Å². The lowest BCUT2D eigenvalue weighted by Crippen LogP contribution is -1.99. The Hall–Kier alpha value is -3.33. The molecule has 0 aliphatic heterocycles. The molecule has 0 radical (unpaired) electrons. The summed E-state index contributed by atoms with van der Waals surface area (Å²) in [5.41, 5.74) is 1.77. The highest BCUT2D eigenvalue weighted by Gasteiger charge is 2.18. The SMILES string of the molecule is [C-]#[N+]c1cccc(-c2noc(C(=O)CCCCCCc3ccccc3)n2)n1. The summed E-state index contributed by atoms with van der Waals surface area (Å²) < 4.78 is 5.06. The molecule has 0 N–H and O–H groups in total. The summed E-state index contributed by atoms with van der Waals surface area (Å²) >= 11 is 0. The molecule has 6 heteroatoms. The maximum atomic E-state index is 12.2. The number of ketones is 1. The lowest BCUT2D eigenvalue weighted by Gasteiger charge is -2.01. The van der Waals surface area contributed by atoms with Crippen molar-refractivity contribution in [3.05, 3.63) is 71.4 Å². The van der Waals surface area contributed by atoms with Crippen LogP contribution in [0, 0.1) is 6.57 Å². The van der Waals surface area contributed by atoms with Crippen molar-refractivity contribution in [2.75, 3.05) is 0 Å². The van der Waals surface area contributed by atoms with Gasteiger partial charge in [0.05, 0.1) is 0 Å². The van der Waals surface area contributed by atoms with Crippen LogP contribution in [0.3, 0.4) is 0 Å². The smallest absolute Gasteiger partial charge is 0.294 e. The van der Waals surface area contributed by atoms with Crippen molar-refractivity contribution in [3.8, 4) is 11.5 Å². The molecule has 2 heterocycles. The van der Waals surface area contributed by atoms with Crippen molar-refractivity contribution < 1.29 is 9.32 Å². The number of pyridine rings is 1. The highest BCUT2D eigenvalue weighted by atomic mass is 16.5. The van der Waals surface area contributed by atoms with Gasteiger partial charge < -0.3 is 9.37 Å². The van der Waals surface area contributed by atoms with Crippen molar-refractivity contribution in [1.82, 2.24) is 15.1 Å². The summed E-state index contributed by atoms with van der Waals surface area (Å²) in [4.78, 5) is 23.7. The van der Waals surface area contributed by atoms with E-state index in [1.54, 1.807) is 18.2 Å². The van der Waals surface area contributed by atoms with Crippen LogP contribution in [0.5, 0.6) is 0 Å². The van der Waals surface area contributed by atoms with Crippen molar-refractivity contribution in [1.29, 1.82) is 0 Å². The normalized spacial score (nSPS) is 10.5. The lowest BCUT2D eigenvalue weighted by molar-refractivity contribution is 0.0936. The van der Waals surface area contributed by atoms with Crippen LogP contribution < -0.4 is 0 Å². The maximum Gasteiger partial charge on any atom is 0.294 e. The first-order valence-corrected chi connectivity index (χ1v) is 9.02. The Labute approximate surface area is 158 Å². The first-order chi connectivity index (χ1) is 13.3. The van der Waals surface area contributed by atoms with Crippen molar-refractivity contribution in [2.45, 2.75) is 38.5 Å². The van der Waals surface area contributed by atoms with Crippen LogP contribution in [0.25, 0.3) is 16.4 Å². The molecule has 0 fully saturated rings. The molecule has 0 saturated carbocycles. The number of aromatic nitrogens is 3. The molecule has 136 valence electrons. The van der Waals surface area contributed by atoms with Crippen LogP contribution >= 0.6 is 0 Å². The predicted octanol–water partition coefficient (Wildman–Crippen LogP) is 5.06. The molecule has 0 saturated heterocycles. The number of carbonyl (C=O) groups is 1. The number of aryl methyl sites for hydroxylation is 1. The van der Waals surface area contributed by atoms with Gasteiger partial charge in [-0.2, -0.15) is 4.98 Å². The zero-order valence-corrected chi connectivity index (χ0v) is 15.0. The molecule has 6 nitrogen and oxygen atoms in total. The Balaban J connectivity index is 1.42. The van der Waals surface area contributed by atoms with Crippen LogP contribution in [-0.2, 0) is 6.42 Å². The second-order valence-corrected chi connectivity index (χ2v) is 6.24. The van der Waals surface area contributed by atoms with Gasteiger partial charge >= 0.3 is 0 Å². The quantitative estimate of drug-likeness (QED) is 0.303. The van der Waals surface area contributed by atoms with Gasteiger partial charge in [0.15, 0.2) is 0 Å². The topological polar surface area (TPSA) is 73.2 Å². The lowest BCUT2D eigenvalue weighted by atomic mass is 10.0. The Morgan fingerprint density at radius 1 is 0.963 bits per heavy atom.